The Labute approximate surface area is 158 Å². The molecular weight excluding hydrogens is 350 g/mol. The number of ketones is 1. The normalized spacial score (nSPS) is 14.8. The number of phenols is 1. The molecule has 1 aliphatic heterocycles. The van der Waals surface area contributed by atoms with Gasteiger partial charge in [0, 0.05) is 11.6 Å². The minimum Gasteiger partial charge on any atom is -0.507 e. The van der Waals surface area contributed by atoms with Gasteiger partial charge in [0.15, 0.2) is 5.76 Å². The van der Waals surface area contributed by atoms with Crippen LogP contribution in [0.2, 0.25) is 5.02 Å². The third kappa shape index (κ3) is 3.48. The van der Waals surface area contributed by atoms with Crippen molar-refractivity contribution < 1.29 is 14.6 Å². The number of phenolic OH excluding ortho intramolecular Hbond substituents is 1. The molecular formula is C21H22ClNO3. The fourth-order valence-corrected chi connectivity index (χ4v) is 3.24. The van der Waals surface area contributed by atoms with E-state index in [2.05, 4.69) is 18.7 Å². The first-order chi connectivity index (χ1) is 12.4. The number of allylic oxidation sites excluding steroid dienone is 1. The zero-order valence-electron chi connectivity index (χ0n) is 15.2. The highest BCUT2D eigenvalue weighted by Crippen LogP contribution is 2.42. The van der Waals surface area contributed by atoms with Gasteiger partial charge in [-0.05, 0) is 55.4 Å². The number of carbonyl (C=O) groups is 1. The van der Waals surface area contributed by atoms with Crippen molar-refractivity contribution in [3.8, 4) is 11.5 Å². The van der Waals surface area contributed by atoms with Gasteiger partial charge in [-0.1, -0.05) is 37.6 Å². The molecule has 2 aromatic rings. The van der Waals surface area contributed by atoms with E-state index >= 15 is 0 Å². The number of benzene rings is 2. The second kappa shape index (κ2) is 7.52. The number of hydrogen-bond acceptors (Lipinski definition) is 4. The summed E-state index contributed by atoms with van der Waals surface area (Å²) in [5.41, 5.74) is 2.73. The van der Waals surface area contributed by atoms with Crippen molar-refractivity contribution in [2.75, 3.05) is 13.1 Å². The first kappa shape index (κ1) is 18.5. The SMILES string of the molecule is CCN(CC)Cc1c(O)cc(C)c2c1O/C(=C\c1ccc(Cl)cc1)C2=O. The second-order valence-electron chi connectivity index (χ2n) is 6.35. The molecule has 136 valence electrons. The molecule has 1 heterocycles. The number of rotatable bonds is 5. The van der Waals surface area contributed by atoms with E-state index < -0.39 is 0 Å². The molecule has 0 atom stereocenters. The Morgan fingerprint density at radius 2 is 1.85 bits per heavy atom. The Bertz CT molecular complexity index is 868. The summed E-state index contributed by atoms with van der Waals surface area (Å²) in [7, 11) is 0. The summed E-state index contributed by atoms with van der Waals surface area (Å²) >= 11 is 5.91. The maximum Gasteiger partial charge on any atom is 0.232 e. The van der Waals surface area contributed by atoms with Crippen LogP contribution in [-0.4, -0.2) is 28.9 Å². The lowest BCUT2D eigenvalue weighted by atomic mass is 9.99. The number of halogens is 1. The average molecular weight is 372 g/mol. The smallest absolute Gasteiger partial charge is 0.232 e. The summed E-state index contributed by atoms with van der Waals surface area (Å²) in [4.78, 5) is 15.0. The minimum atomic E-state index is -0.159. The third-order valence-electron chi connectivity index (χ3n) is 4.66. The second-order valence-corrected chi connectivity index (χ2v) is 6.78. The molecule has 1 N–H and O–H groups in total. The van der Waals surface area contributed by atoms with Crippen molar-refractivity contribution in [1.29, 1.82) is 0 Å². The quantitative estimate of drug-likeness (QED) is 0.766. The summed E-state index contributed by atoms with van der Waals surface area (Å²) in [5.74, 6) is 0.735. The highest BCUT2D eigenvalue weighted by atomic mass is 35.5. The topological polar surface area (TPSA) is 49.8 Å². The number of nitrogens with zero attached hydrogens (tertiary/aromatic N) is 1. The zero-order valence-corrected chi connectivity index (χ0v) is 15.9. The lowest BCUT2D eigenvalue weighted by Crippen LogP contribution is -2.22. The number of Topliss-reactive ketones (excluding diaryl/α,β-unsaturated/α-hetero) is 1. The van der Waals surface area contributed by atoms with E-state index in [4.69, 9.17) is 16.3 Å². The van der Waals surface area contributed by atoms with Crippen molar-refractivity contribution in [1.82, 2.24) is 4.90 Å². The van der Waals surface area contributed by atoms with Crippen LogP contribution in [0, 0.1) is 6.92 Å². The van der Waals surface area contributed by atoms with Gasteiger partial charge in [-0.3, -0.25) is 9.69 Å². The Morgan fingerprint density at radius 1 is 1.19 bits per heavy atom. The number of hydrogen-bond donors (Lipinski definition) is 1. The molecule has 0 aromatic heterocycles. The Morgan fingerprint density at radius 3 is 2.46 bits per heavy atom. The number of fused-ring (bicyclic) bond motifs is 1. The van der Waals surface area contributed by atoms with Crippen molar-refractivity contribution in [2.24, 2.45) is 0 Å². The molecule has 0 saturated heterocycles. The van der Waals surface area contributed by atoms with Crippen LogP contribution in [0.5, 0.6) is 11.5 Å². The Hall–Kier alpha value is -2.30. The number of aromatic hydroxyl groups is 1. The van der Waals surface area contributed by atoms with Gasteiger partial charge in [0.2, 0.25) is 5.78 Å². The van der Waals surface area contributed by atoms with Crippen LogP contribution in [0.1, 0.15) is 40.9 Å². The predicted molar refractivity (Wildman–Crippen MR) is 104 cm³/mol. The van der Waals surface area contributed by atoms with Crippen LogP contribution >= 0.6 is 11.6 Å². The molecule has 26 heavy (non-hydrogen) atoms. The van der Waals surface area contributed by atoms with E-state index in [9.17, 15) is 9.90 Å². The van der Waals surface area contributed by atoms with E-state index in [1.807, 2.05) is 19.1 Å². The van der Waals surface area contributed by atoms with E-state index in [1.54, 1.807) is 24.3 Å². The standard InChI is InChI=1S/C21H22ClNO3/c1-4-23(5-2)12-16-17(24)10-13(3)19-20(25)18(26-21(16)19)11-14-6-8-15(22)9-7-14/h6-11,24H,4-5,12H2,1-3H3/b18-11-. The van der Waals surface area contributed by atoms with Gasteiger partial charge in [0.05, 0.1) is 11.1 Å². The molecule has 0 unspecified atom stereocenters. The molecule has 3 rings (SSSR count). The van der Waals surface area contributed by atoms with Crippen LogP contribution in [0.15, 0.2) is 36.1 Å². The van der Waals surface area contributed by atoms with Crippen molar-refractivity contribution in [3.63, 3.8) is 0 Å². The van der Waals surface area contributed by atoms with E-state index in [-0.39, 0.29) is 17.3 Å². The van der Waals surface area contributed by atoms with Gasteiger partial charge >= 0.3 is 0 Å². The molecule has 0 aliphatic carbocycles. The average Bonchev–Trinajstić information content (AvgIpc) is 2.94. The maximum atomic E-state index is 12.9. The molecule has 0 fully saturated rings. The summed E-state index contributed by atoms with van der Waals surface area (Å²) in [6, 6.07) is 8.84. The monoisotopic (exact) mass is 371 g/mol. The molecule has 0 saturated carbocycles. The highest BCUT2D eigenvalue weighted by Gasteiger charge is 2.33. The first-order valence-electron chi connectivity index (χ1n) is 8.72. The third-order valence-corrected chi connectivity index (χ3v) is 4.92. The zero-order chi connectivity index (χ0) is 18.8. The number of carbonyl (C=O) groups excluding carboxylic acids is 1. The van der Waals surface area contributed by atoms with Gasteiger partial charge in [-0.25, -0.2) is 0 Å². The lowest BCUT2D eigenvalue weighted by molar-refractivity contribution is 0.101. The van der Waals surface area contributed by atoms with E-state index in [1.165, 1.54) is 0 Å². The molecule has 0 spiro atoms. The van der Waals surface area contributed by atoms with Crippen LogP contribution in [0.25, 0.3) is 6.08 Å². The van der Waals surface area contributed by atoms with Gasteiger partial charge in [-0.2, -0.15) is 0 Å². The summed E-state index contributed by atoms with van der Waals surface area (Å²) in [6.07, 6.45) is 1.70. The summed E-state index contributed by atoms with van der Waals surface area (Å²) in [6.45, 7) is 8.16. The van der Waals surface area contributed by atoms with Crippen molar-refractivity contribution >= 4 is 23.5 Å². The van der Waals surface area contributed by atoms with E-state index in [0.29, 0.717) is 34.0 Å². The van der Waals surface area contributed by atoms with Crippen molar-refractivity contribution in [3.05, 3.63) is 63.4 Å². The summed E-state index contributed by atoms with van der Waals surface area (Å²) < 4.78 is 5.93. The Kier molecular flexibility index (Phi) is 5.35. The molecule has 0 radical (unpaired) electrons. The largest absolute Gasteiger partial charge is 0.507 e. The van der Waals surface area contributed by atoms with Crippen molar-refractivity contribution in [2.45, 2.75) is 27.3 Å². The highest BCUT2D eigenvalue weighted by molar-refractivity contribution is 6.30. The van der Waals surface area contributed by atoms with Gasteiger partial charge < -0.3 is 9.84 Å². The van der Waals surface area contributed by atoms with E-state index in [0.717, 1.165) is 18.7 Å². The predicted octanol–water partition coefficient (Wildman–Crippen LogP) is 4.81. The first-order valence-corrected chi connectivity index (χ1v) is 9.10. The van der Waals surface area contributed by atoms with Crippen LogP contribution in [0.3, 0.4) is 0 Å². The molecule has 0 bridgehead atoms. The Balaban J connectivity index is 2.02. The molecule has 4 nitrogen and oxygen atoms in total. The molecule has 1 aliphatic rings. The molecule has 2 aromatic carbocycles. The van der Waals surface area contributed by atoms with Crippen LogP contribution in [-0.2, 0) is 6.54 Å². The fourth-order valence-electron chi connectivity index (χ4n) is 3.11. The molecule has 0 amide bonds. The minimum absolute atomic E-state index is 0.159. The van der Waals surface area contributed by atoms with Crippen LogP contribution < -0.4 is 4.74 Å². The number of ether oxygens (including phenoxy) is 1. The molecule has 5 heteroatoms. The fraction of sp³-hybridized carbons (Fsp3) is 0.286. The summed E-state index contributed by atoms with van der Waals surface area (Å²) in [5, 5.41) is 11.1. The lowest BCUT2D eigenvalue weighted by Gasteiger charge is -2.20. The van der Waals surface area contributed by atoms with Gasteiger partial charge in [0.1, 0.15) is 11.5 Å². The maximum absolute atomic E-state index is 12.9. The van der Waals surface area contributed by atoms with Gasteiger partial charge in [0.25, 0.3) is 0 Å². The number of aryl methyl sites for hydroxylation is 1. The van der Waals surface area contributed by atoms with Gasteiger partial charge in [-0.15, -0.1) is 0 Å². The van der Waals surface area contributed by atoms with Crippen LogP contribution in [0.4, 0.5) is 0 Å².